The van der Waals surface area contributed by atoms with Crippen molar-refractivity contribution in [2.24, 2.45) is 0 Å². The number of halogens is 1. The van der Waals surface area contributed by atoms with E-state index < -0.39 is 36.3 Å². The Hall–Kier alpha value is -2.73. The lowest BCUT2D eigenvalue weighted by atomic mass is 9.72. The summed E-state index contributed by atoms with van der Waals surface area (Å²) in [6.45, 7) is 0. The van der Waals surface area contributed by atoms with E-state index in [1.807, 2.05) is 0 Å². The summed E-state index contributed by atoms with van der Waals surface area (Å²) in [6.07, 6.45) is 0.0527. The average molecular weight is 352 g/mol. The van der Waals surface area contributed by atoms with Crippen LogP contribution in [0.4, 0.5) is 9.52 Å². The van der Waals surface area contributed by atoms with Crippen molar-refractivity contribution in [3.63, 3.8) is 0 Å². The predicted molar refractivity (Wildman–Crippen MR) is 81.2 cm³/mol. The number of carboxylic acid groups (broad SMARTS) is 1. The summed E-state index contributed by atoms with van der Waals surface area (Å²) in [5, 5.41) is 28.8. The molecule has 0 radical (unpaired) electrons. The Balaban J connectivity index is 1.84. The van der Waals surface area contributed by atoms with Crippen LogP contribution in [0, 0.1) is 5.82 Å². The highest BCUT2D eigenvalue weighted by molar-refractivity contribution is 7.16. The van der Waals surface area contributed by atoms with Crippen molar-refractivity contribution >= 4 is 35.5 Å². The van der Waals surface area contributed by atoms with Gasteiger partial charge in [-0.1, -0.05) is 17.4 Å². The number of amides is 1. The SMILES string of the molecule is Nc1nnc(C(=O)N[C@H]2Cc3ccc(F)c(C(=O)O)c3OB2O)s1. The number of hydrogen-bond donors (Lipinski definition) is 4. The number of nitrogens with two attached hydrogens (primary N) is 1. The van der Waals surface area contributed by atoms with Crippen LogP contribution in [-0.2, 0) is 6.42 Å². The number of aromatic carboxylic acids is 1. The summed E-state index contributed by atoms with van der Waals surface area (Å²) in [7, 11) is -1.55. The highest BCUT2D eigenvalue weighted by Gasteiger charge is 2.39. The Morgan fingerprint density at radius 2 is 2.21 bits per heavy atom. The van der Waals surface area contributed by atoms with Crippen molar-refractivity contribution in [2.45, 2.75) is 12.4 Å². The number of carboxylic acids is 1. The first-order valence-electron chi connectivity index (χ1n) is 6.66. The lowest BCUT2D eigenvalue weighted by Crippen LogP contribution is -2.53. The maximum atomic E-state index is 13.6. The van der Waals surface area contributed by atoms with Crippen molar-refractivity contribution in [2.75, 3.05) is 5.73 Å². The van der Waals surface area contributed by atoms with Crippen molar-refractivity contribution in [3.05, 3.63) is 34.1 Å². The van der Waals surface area contributed by atoms with Gasteiger partial charge in [-0.05, 0) is 18.1 Å². The van der Waals surface area contributed by atoms with Gasteiger partial charge < -0.3 is 25.8 Å². The maximum absolute atomic E-state index is 13.6. The highest BCUT2D eigenvalue weighted by atomic mass is 32.1. The number of carbonyl (C=O) groups excluding carboxylic acids is 1. The normalized spacial score (nSPS) is 16.2. The van der Waals surface area contributed by atoms with Gasteiger partial charge in [0.2, 0.25) is 10.1 Å². The maximum Gasteiger partial charge on any atom is 0.547 e. The van der Waals surface area contributed by atoms with Gasteiger partial charge in [-0.3, -0.25) is 4.79 Å². The fourth-order valence-electron chi connectivity index (χ4n) is 2.32. The predicted octanol–water partition coefficient (Wildman–Crippen LogP) is -0.289. The molecule has 5 N–H and O–H groups in total. The molecule has 1 aliphatic heterocycles. The summed E-state index contributed by atoms with van der Waals surface area (Å²) < 4.78 is 18.8. The van der Waals surface area contributed by atoms with E-state index in [9.17, 15) is 19.0 Å². The smallest absolute Gasteiger partial charge is 0.534 e. The number of anilines is 1. The number of nitrogen functional groups attached to an aromatic ring is 1. The lowest BCUT2D eigenvalue weighted by molar-refractivity contribution is 0.0688. The van der Waals surface area contributed by atoms with Gasteiger partial charge in [0.15, 0.2) is 0 Å². The van der Waals surface area contributed by atoms with E-state index in [4.69, 9.17) is 15.5 Å². The standard InChI is InChI=1S/C12H10BFN4O5S/c14-5-2-1-4-3-6(13(22)23-8(4)7(5)11(20)21)16-9(19)10-17-18-12(15)24-10/h1-2,6,22H,3H2,(H2,15,18)(H,16,19)(H,20,21)/t6-/m0/s1. The average Bonchev–Trinajstić information content (AvgIpc) is 2.94. The summed E-state index contributed by atoms with van der Waals surface area (Å²) in [5.74, 6) is -4.22. The van der Waals surface area contributed by atoms with Crippen LogP contribution in [-0.4, -0.2) is 45.3 Å². The molecule has 0 unspecified atom stereocenters. The summed E-state index contributed by atoms with van der Waals surface area (Å²) in [4.78, 5) is 23.2. The molecule has 2 heterocycles. The van der Waals surface area contributed by atoms with Crippen LogP contribution in [0.3, 0.4) is 0 Å². The van der Waals surface area contributed by atoms with Gasteiger partial charge in [-0.2, -0.15) is 0 Å². The molecule has 124 valence electrons. The van der Waals surface area contributed by atoms with Crippen molar-refractivity contribution in [1.29, 1.82) is 0 Å². The summed E-state index contributed by atoms with van der Waals surface area (Å²) >= 11 is 0.873. The minimum atomic E-state index is -1.55. The molecule has 1 aromatic heterocycles. The fourth-order valence-corrected chi connectivity index (χ4v) is 2.83. The fraction of sp³-hybridized carbons (Fsp3) is 0.167. The van der Waals surface area contributed by atoms with E-state index in [0.717, 1.165) is 17.4 Å². The van der Waals surface area contributed by atoms with Gasteiger partial charge in [-0.25, -0.2) is 9.18 Å². The number of benzene rings is 1. The molecule has 1 atom stereocenters. The first-order chi connectivity index (χ1) is 11.4. The van der Waals surface area contributed by atoms with Gasteiger partial charge in [0, 0.05) is 0 Å². The Labute approximate surface area is 138 Å². The van der Waals surface area contributed by atoms with E-state index in [1.165, 1.54) is 6.07 Å². The number of aromatic nitrogens is 2. The van der Waals surface area contributed by atoms with Crippen LogP contribution in [0.5, 0.6) is 5.75 Å². The van der Waals surface area contributed by atoms with Gasteiger partial charge in [-0.15, -0.1) is 10.2 Å². The van der Waals surface area contributed by atoms with Crippen LogP contribution in [0.2, 0.25) is 0 Å². The van der Waals surface area contributed by atoms with E-state index in [-0.39, 0.29) is 22.3 Å². The van der Waals surface area contributed by atoms with E-state index in [2.05, 4.69) is 15.5 Å². The third kappa shape index (κ3) is 2.88. The molecule has 0 fully saturated rings. The molecule has 0 saturated heterocycles. The third-order valence-electron chi connectivity index (χ3n) is 3.38. The van der Waals surface area contributed by atoms with Crippen molar-refractivity contribution in [3.8, 4) is 5.75 Å². The zero-order valence-corrected chi connectivity index (χ0v) is 12.7. The monoisotopic (exact) mass is 352 g/mol. The molecular weight excluding hydrogens is 342 g/mol. The van der Waals surface area contributed by atoms with Gasteiger partial charge in [0.05, 0.1) is 5.94 Å². The molecule has 1 amide bonds. The number of carbonyl (C=O) groups is 2. The topological polar surface area (TPSA) is 148 Å². The lowest BCUT2D eigenvalue weighted by Gasteiger charge is -2.28. The van der Waals surface area contributed by atoms with Crippen LogP contribution < -0.4 is 15.7 Å². The van der Waals surface area contributed by atoms with E-state index in [1.54, 1.807) is 0 Å². The Kier molecular flexibility index (Phi) is 4.07. The molecular formula is C12H10BFN4O5S. The van der Waals surface area contributed by atoms with Crippen LogP contribution in [0.15, 0.2) is 12.1 Å². The quantitative estimate of drug-likeness (QED) is 0.551. The largest absolute Gasteiger partial charge is 0.547 e. The molecule has 2 aromatic rings. The van der Waals surface area contributed by atoms with Crippen LogP contribution >= 0.6 is 11.3 Å². The molecule has 12 heteroatoms. The number of hydrogen-bond acceptors (Lipinski definition) is 8. The Bertz CT molecular complexity index is 832. The first-order valence-corrected chi connectivity index (χ1v) is 7.47. The molecule has 0 bridgehead atoms. The second-order valence-corrected chi connectivity index (χ2v) is 5.96. The zero-order chi connectivity index (χ0) is 17.4. The highest BCUT2D eigenvalue weighted by Crippen LogP contribution is 2.32. The number of fused-ring (bicyclic) bond motifs is 1. The molecule has 0 spiro atoms. The number of nitrogens with one attached hydrogen (secondary N) is 1. The molecule has 1 aromatic carbocycles. The third-order valence-corrected chi connectivity index (χ3v) is 4.13. The van der Waals surface area contributed by atoms with Crippen molar-refractivity contribution < 1.29 is 28.8 Å². The molecule has 1 aliphatic rings. The van der Waals surface area contributed by atoms with Crippen LogP contribution in [0.25, 0.3) is 0 Å². The van der Waals surface area contributed by atoms with Gasteiger partial charge >= 0.3 is 13.1 Å². The van der Waals surface area contributed by atoms with Gasteiger partial charge in [0.25, 0.3) is 5.91 Å². The second kappa shape index (κ2) is 6.05. The Morgan fingerprint density at radius 1 is 1.46 bits per heavy atom. The minimum Gasteiger partial charge on any atom is -0.534 e. The summed E-state index contributed by atoms with van der Waals surface area (Å²) in [5.41, 5.74) is 5.09. The minimum absolute atomic E-state index is 0.0100. The second-order valence-electron chi connectivity index (χ2n) is 4.95. The van der Waals surface area contributed by atoms with E-state index in [0.29, 0.717) is 5.56 Å². The Morgan fingerprint density at radius 3 is 2.83 bits per heavy atom. The molecule has 24 heavy (non-hydrogen) atoms. The number of nitrogens with zero attached hydrogens (tertiary/aromatic N) is 2. The van der Waals surface area contributed by atoms with Crippen LogP contribution in [0.1, 0.15) is 25.7 Å². The van der Waals surface area contributed by atoms with Crippen molar-refractivity contribution in [1.82, 2.24) is 15.5 Å². The number of rotatable bonds is 3. The molecule has 9 nitrogen and oxygen atoms in total. The summed E-state index contributed by atoms with van der Waals surface area (Å²) in [6, 6.07) is 2.33. The molecule has 0 saturated carbocycles. The molecule has 3 rings (SSSR count). The van der Waals surface area contributed by atoms with Gasteiger partial charge in [0.1, 0.15) is 17.1 Å². The zero-order valence-electron chi connectivity index (χ0n) is 11.9. The first kappa shape index (κ1) is 16.1. The molecule has 0 aliphatic carbocycles. The van der Waals surface area contributed by atoms with E-state index >= 15 is 0 Å².